The molecule has 7 heteroatoms. The van der Waals surface area contributed by atoms with Crippen LogP contribution in [-0.2, 0) is 14.3 Å². The van der Waals surface area contributed by atoms with E-state index in [1.807, 2.05) is 17.0 Å². The highest BCUT2D eigenvalue weighted by Crippen LogP contribution is 2.30. The molecular formula is C30H33N3O4. The van der Waals surface area contributed by atoms with Crippen LogP contribution in [0.2, 0.25) is 0 Å². The molecule has 0 aromatic heterocycles. The smallest absolute Gasteiger partial charge is 0.306 e. The van der Waals surface area contributed by atoms with Gasteiger partial charge in [0, 0.05) is 32.6 Å². The molecular weight excluding hydrogens is 466 g/mol. The number of nitrogens with one attached hydrogen (secondary N) is 1. The molecule has 192 valence electrons. The van der Waals surface area contributed by atoms with Gasteiger partial charge in [0.05, 0.1) is 30.3 Å². The van der Waals surface area contributed by atoms with Gasteiger partial charge in [-0.15, -0.1) is 0 Å². The van der Waals surface area contributed by atoms with E-state index in [1.165, 1.54) is 11.1 Å². The molecule has 0 radical (unpaired) electrons. The van der Waals surface area contributed by atoms with Crippen molar-refractivity contribution in [3.63, 3.8) is 0 Å². The lowest BCUT2D eigenvalue weighted by Gasteiger charge is -2.40. The number of esters is 1. The third-order valence-corrected chi connectivity index (χ3v) is 6.49. The molecule has 37 heavy (non-hydrogen) atoms. The fourth-order valence-corrected chi connectivity index (χ4v) is 4.68. The van der Waals surface area contributed by atoms with Gasteiger partial charge in [-0.1, -0.05) is 72.8 Å². The molecule has 0 bridgehead atoms. The quantitative estimate of drug-likeness (QED) is 0.438. The maximum absolute atomic E-state index is 13.5. The molecule has 3 aromatic rings. The normalized spacial score (nSPS) is 13.8. The fraction of sp³-hybridized carbons (Fsp3) is 0.300. The number of ether oxygens (including phenoxy) is 1. The van der Waals surface area contributed by atoms with E-state index in [4.69, 9.17) is 4.74 Å². The van der Waals surface area contributed by atoms with E-state index >= 15 is 0 Å². The van der Waals surface area contributed by atoms with Crippen LogP contribution in [0.3, 0.4) is 0 Å². The number of hydrogen-bond acceptors (Lipinski definition) is 5. The van der Waals surface area contributed by atoms with Crippen LogP contribution >= 0.6 is 0 Å². The molecule has 7 nitrogen and oxygen atoms in total. The molecule has 1 heterocycles. The molecule has 4 rings (SSSR count). The molecule has 0 atom stereocenters. The Labute approximate surface area is 218 Å². The standard InChI is InChI=1S/C30H33N3O4/c1-2-37-28(35)18-17-27(34)31-26-16-10-9-15-25(26)30(36)33-21-19-32(20-22-33)29(23-11-5-3-6-12-23)24-13-7-4-8-14-24/h3-16,29H,2,17-22H2,1H3,(H,31,34). The maximum atomic E-state index is 13.5. The van der Waals surface area contributed by atoms with Crippen LogP contribution in [0.15, 0.2) is 84.9 Å². The zero-order valence-electron chi connectivity index (χ0n) is 21.1. The first-order valence-corrected chi connectivity index (χ1v) is 12.7. The van der Waals surface area contributed by atoms with Crippen molar-refractivity contribution in [3.8, 4) is 0 Å². The monoisotopic (exact) mass is 499 g/mol. The predicted molar refractivity (Wildman–Crippen MR) is 143 cm³/mol. The highest BCUT2D eigenvalue weighted by Gasteiger charge is 2.29. The number of carbonyl (C=O) groups excluding carboxylic acids is 3. The minimum absolute atomic E-state index is 0.000390. The highest BCUT2D eigenvalue weighted by molar-refractivity contribution is 6.04. The number of amides is 2. The number of carbonyl (C=O) groups is 3. The number of hydrogen-bond donors (Lipinski definition) is 1. The molecule has 0 saturated carbocycles. The first-order chi connectivity index (χ1) is 18.1. The van der Waals surface area contributed by atoms with Gasteiger partial charge in [0.2, 0.25) is 5.91 Å². The summed E-state index contributed by atoms with van der Waals surface area (Å²) in [7, 11) is 0. The molecule has 0 spiro atoms. The van der Waals surface area contributed by atoms with Gasteiger partial charge in [0.15, 0.2) is 0 Å². The molecule has 3 aromatic carbocycles. The van der Waals surface area contributed by atoms with Crippen LogP contribution < -0.4 is 5.32 Å². The molecule has 1 N–H and O–H groups in total. The summed E-state index contributed by atoms with van der Waals surface area (Å²) in [6.45, 7) is 4.63. The number of benzene rings is 3. The summed E-state index contributed by atoms with van der Waals surface area (Å²) in [5, 5.41) is 2.79. The number of piperazine rings is 1. The van der Waals surface area contributed by atoms with E-state index in [1.54, 1.807) is 31.2 Å². The van der Waals surface area contributed by atoms with E-state index in [9.17, 15) is 14.4 Å². The van der Waals surface area contributed by atoms with E-state index in [2.05, 4.69) is 58.7 Å². The van der Waals surface area contributed by atoms with Crippen molar-refractivity contribution in [2.45, 2.75) is 25.8 Å². The SMILES string of the molecule is CCOC(=O)CCC(=O)Nc1ccccc1C(=O)N1CCN(C(c2ccccc2)c2ccccc2)CC1. The predicted octanol–water partition coefficient (Wildman–Crippen LogP) is 4.52. The molecule has 1 aliphatic heterocycles. The Morgan fingerprint density at radius 1 is 0.784 bits per heavy atom. The second kappa shape index (κ2) is 12.8. The minimum atomic E-state index is -0.413. The summed E-state index contributed by atoms with van der Waals surface area (Å²) in [6.07, 6.45) is 0.00212. The first-order valence-electron chi connectivity index (χ1n) is 12.7. The summed E-state index contributed by atoms with van der Waals surface area (Å²) in [4.78, 5) is 41.7. The van der Waals surface area contributed by atoms with Crippen molar-refractivity contribution >= 4 is 23.5 Å². The van der Waals surface area contributed by atoms with Crippen LogP contribution in [0, 0.1) is 0 Å². The van der Waals surface area contributed by atoms with E-state index < -0.39 is 5.97 Å². The van der Waals surface area contributed by atoms with Gasteiger partial charge >= 0.3 is 5.97 Å². The van der Waals surface area contributed by atoms with Crippen LogP contribution in [-0.4, -0.2) is 60.4 Å². The van der Waals surface area contributed by atoms with Crippen LogP contribution in [0.5, 0.6) is 0 Å². The third-order valence-electron chi connectivity index (χ3n) is 6.49. The second-order valence-corrected chi connectivity index (χ2v) is 8.95. The Hall–Kier alpha value is -3.97. The summed E-state index contributed by atoms with van der Waals surface area (Å²) in [5.74, 6) is -0.854. The Balaban J connectivity index is 1.42. The molecule has 1 aliphatic rings. The fourth-order valence-electron chi connectivity index (χ4n) is 4.68. The molecule has 1 saturated heterocycles. The lowest BCUT2D eigenvalue weighted by atomic mass is 9.96. The van der Waals surface area contributed by atoms with Crippen molar-refractivity contribution in [2.24, 2.45) is 0 Å². The van der Waals surface area contributed by atoms with Gasteiger partial charge in [0.25, 0.3) is 5.91 Å². The molecule has 1 fully saturated rings. The van der Waals surface area contributed by atoms with Gasteiger partial charge in [-0.25, -0.2) is 0 Å². The lowest BCUT2D eigenvalue weighted by molar-refractivity contribution is -0.144. The summed E-state index contributed by atoms with van der Waals surface area (Å²) in [6, 6.07) is 28.0. The molecule has 0 unspecified atom stereocenters. The van der Waals surface area contributed by atoms with Crippen LogP contribution in [0.25, 0.3) is 0 Å². The molecule has 2 amide bonds. The van der Waals surface area contributed by atoms with Gasteiger partial charge in [0.1, 0.15) is 0 Å². The minimum Gasteiger partial charge on any atom is -0.466 e. The van der Waals surface area contributed by atoms with E-state index in [0.717, 1.165) is 13.1 Å². The number of anilines is 1. The zero-order valence-corrected chi connectivity index (χ0v) is 21.1. The van der Waals surface area contributed by atoms with Gasteiger partial charge in [-0.3, -0.25) is 19.3 Å². The number of rotatable bonds is 9. The summed E-state index contributed by atoms with van der Waals surface area (Å²) < 4.78 is 4.88. The zero-order chi connectivity index (χ0) is 26.0. The highest BCUT2D eigenvalue weighted by atomic mass is 16.5. The van der Waals surface area contributed by atoms with Crippen LogP contribution in [0.1, 0.15) is 47.3 Å². The topological polar surface area (TPSA) is 78.9 Å². The number of nitrogens with zero attached hydrogens (tertiary/aromatic N) is 2. The first kappa shape index (κ1) is 26.1. The largest absolute Gasteiger partial charge is 0.466 e. The maximum Gasteiger partial charge on any atom is 0.306 e. The Morgan fingerprint density at radius 3 is 1.95 bits per heavy atom. The summed E-state index contributed by atoms with van der Waals surface area (Å²) >= 11 is 0. The summed E-state index contributed by atoms with van der Waals surface area (Å²) in [5.41, 5.74) is 3.35. The van der Waals surface area contributed by atoms with Gasteiger partial charge in [-0.2, -0.15) is 0 Å². The Kier molecular flexibility index (Phi) is 9.05. The van der Waals surface area contributed by atoms with E-state index in [0.29, 0.717) is 24.3 Å². The third kappa shape index (κ3) is 6.83. The van der Waals surface area contributed by atoms with E-state index in [-0.39, 0.29) is 37.3 Å². The van der Waals surface area contributed by atoms with Crippen molar-refractivity contribution in [1.29, 1.82) is 0 Å². The molecule has 0 aliphatic carbocycles. The average molecular weight is 500 g/mol. The van der Waals surface area contributed by atoms with Crippen molar-refractivity contribution in [2.75, 3.05) is 38.1 Å². The Morgan fingerprint density at radius 2 is 1.35 bits per heavy atom. The van der Waals surface area contributed by atoms with Crippen molar-refractivity contribution in [3.05, 3.63) is 102 Å². The van der Waals surface area contributed by atoms with Crippen molar-refractivity contribution < 1.29 is 19.1 Å². The van der Waals surface area contributed by atoms with Gasteiger partial charge in [-0.05, 0) is 30.2 Å². The van der Waals surface area contributed by atoms with Crippen LogP contribution in [0.4, 0.5) is 5.69 Å². The van der Waals surface area contributed by atoms with Crippen molar-refractivity contribution in [1.82, 2.24) is 9.80 Å². The number of para-hydroxylation sites is 1. The second-order valence-electron chi connectivity index (χ2n) is 8.95. The average Bonchev–Trinajstić information content (AvgIpc) is 2.94. The Bertz CT molecular complexity index is 1150. The lowest BCUT2D eigenvalue weighted by Crippen LogP contribution is -2.50. The van der Waals surface area contributed by atoms with Gasteiger partial charge < -0.3 is 15.0 Å².